The average molecular weight is 372 g/mol. The predicted molar refractivity (Wildman–Crippen MR) is 105 cm³/mol. The van der Waals surface area contributed by atoms with Crippen molar-refractivity contribution in [2.75, 3.05) is 42.9 Å². The van der Waals surface area contributed by atoms with Gasteiger partial charge in [-0.15, -0.1) is 0 Å². The smallest absolute Gasteiger partial charge is 0.292 e. The van der Waals surface area contributed by atoms with Crippen molar-refractivity contribution >= 4 is 23.0 Å². The molecule has 4 rings (SSSR count). The highest BCUT2D eigenvalue weighted by molar-refractivity contribution is 5.81. The molecule has 0 saturated carbocycles. The molecule has 0 aliphatic carbocycles. The van der Waals surface area contributed by atoms with Crippen molar-refractivity contribution in [2.24, 2.45) is 11.8 Å². The van der Waals surface area contributed by atoms with E-state index in [1.54, 1.807) is 6.07 Å². The summed E-state index contributed by atoms with van der Waals surface area (Å²) in [6, 6.07) is 3.43. The number of anilines is 2. The lowest BCUT2D eigenvalue weighted by atomic mass is 9.92. The maximum atomic E-state index is 12.9. The molecule has 0 aromatic heterocycles. The van der Waals surface area contributed by atoms with Crippen LogP contribution >= 0.6 is 0 Å². The van der Waals surface area contributed by atoms with Crippen LogP contribution in [0.1, 0.15) is 38.2 Å². The van der Waals surface area contributed by atoms with Gasteiger partial charge in [0.1, 0.15) is 5.69 Å². The highest BCUT2D eigenvalue weighted by Crippen LogP contribution is 2.41. The van der Waals surface area contributed by atoms with Gasteiger partial charge >= 0.3 is 0 Å². The Hall–Kier alpha value is -2.31. The number of amides is 1. The van der Waals surface area contributed by atoms with Crippen LogP contribution in [0.25, 0.3) is 0 Å². The Labute approximate surface area is 159 Å². The average Bonchev–Trinajstić information content (AvgIpc) is 3.15. The number of nitrogens with zero attached hydrogens (tertiary/aromatic N) is 3. The van der Waals surface area contributed by atoms with E-state index in [-0.39, 0.29) is 22.4 Å². The number of likely N-dealkylation sites (tertiary alicyclic amines) is 1. The molecule has 27 heavy (non-hydrogen) atoms. The predicted octanol–water partition coefficient (Wildman–Crippen LogP) is 3.04. The molecule has 7 nitrogen and oxygen atoms in total. The minimum Gasteiger partial charge on any atom is -0.384 e. The van der Waals surface area contributed by atoms with Crippen LogP contribution in [0.15, 0.2) is 12.1 Å². The number of carbonyl (C=O) groups is 1. The molecule has 1 atom stereocenters. The van der Waals surface area contributed by atoms with E-state index in [1.807, 2.05) is 11.0 Å². The first kappa shape index (κ1) is 18.1. The summed E-state index contributed by atoms with van der Waals surface area (Å²) in [6.45, 7) is 6.21. The molecule has 3 heterocycles. The Morgan fingerprint density at radius 2 is 2.00 bits per heavy atom. The monoisotopic (exact) mass is 372 g/mol. The van der Waals surface area contributed by atoms with E-state index in [9.17, 15) is 14.9 Å². The second-order valence-corrected chi connectivity index (χ2v) is 8.19. The summed E-state index contributed by atoms with van der Waals surface area (Å²) in [4.78, 5) is 28.4. The van der Waals surface area contributed by atoms with Gasteiger partial charge in [-0.1, -0.05) is 6.92 Å². The molecule has 0 radical (unpaired) electrons. The number of piperidine rings is 2. The molecule has 1 aromatic carbocycles. The molecule has 2 fully saturated rings. The quantitative estimate of drug-likeness (QED) is 0.652. The van der Waals surface area contributed by atoms with Gasteiger partial charge in [0.15, 0.2) is 0 Å². The number of nitrogens with one attached hydrogen (secondary N) is 1. The summed E-state index contributed by atoms with van der Waals surface area (Å²) in [6.07, 6.45) is 4.67. The molecule has 3 aliphatic rings. The zero-order valence-corrected chi connectivity index (χ0v) is 15.9. The van der Waals surface area contributed by atoms with Crippen molar-refractivity contribution in [3.8, 4) is 0 Å². The van der Waals surface area contributed by atoms with Crippen molar-refractivity contribution < 1.29 is 9.72 Å². The van der Waals surface area contributed by atoms with Crippen LogP contribution in [0, 0.1) is 22.0 Å². The number of hydrogen-bond donors (Lipinski definition) is 1. The van der Waals surface area contributed by atoms with Crippen LogP contribution in [0.4, 0.5) is 17.1 Å². The Bertz CT molecular complexity index is 743. The largest absolute Gasteiger partial charge is 0.384 e. The summed E-state index contributed by atoms with van der Waals surface area (Å²) < 4.78 is 0. The lowest BCUT2D eigenvalue weighted by Gasteiger charge is -2.38. The first-order chi connectivity index (χ1) is 13.0. The molecular weight excluding hydrogens is 344 g/mol. The maximum absolute atomic E-state index is 12.9. The van der Waals surface area contributed by atoms with Gasteiger partial charge in [0, 0.05) is 56.0 Å². The topological polar surface area (TPSA) is 78.7 Å². The molecule has 0 spiro atoms. The van der Waals surface area contributed by atoms with Crippen molar-refractivity contribution in [2.45, 2.75) is 39.0 Å². The van der Waals surface area contributed by atoms with Gasteiger partial charge in [-0.25, -0.2) is 0 Å². The van der Waals surface area contributed by atoms with Crippen molar-refractivity contribution in [3.05, 3.63) is 27.8 Å². The lowest BCUT2D eigenvalue weighted by Crippen LogP contribution is -2.46. The van der Waals surface area contributed by atoms with E-state index in [2.05, 4.69) is 17.1 Å². The van der Waals surface area contributed by atoms with Crippen LogP contribution in [-0.4, -0.2) is 48.5 Å². The number of nitro groups is 1. The van der Waals surface area contributed by atoms with E-state index < -0.39 is 0 Å². The van der Waals surface area contributed by atoms with E-state index >= 15 is 0 Å². The summed E-state index contributed by atoms with van der Waals surface area (Å²) in [5.41, 5.74) is 3.02. The van der Waals surface area contributed by atoms with Crippen LogP contribution in [-0.2, 0) is 11.2 Å². The van der Waals surface area contributed by atoms with Gasteiger partial charge < -0.3 is 15.1 Å². The third-order valence-corrected chi connectivity index (χ3v) is 6.28. The standard InChI is InChI=1S/C20H28N4O3/c1-14-3-2-10-23(13-14)20(25)15-7-11-22(12-8-15)19-16-6-9-21-17(16)4-5-18(19)24(26)27/h4-5,14-15,21H,2-3,6-13H2,1H3. The van der Waals surface area contributed by atoms with Crippen molar-refractivity contribution in [1.82, 2.24) is 4.90 Å². The summed E-state index contributed by atoms with van der Waals surface area (Å²) in [5, 5.41) is 14.9. The third-order valence-electron chi connectivity index (χ3n) is 6.28. The lowest BCUT2D eigenvalue weighted by molar-refractivity contribution is -0.384. The van der Waals surface area contributed by atoms with E-state index in [1.165, 1.54) is 6.42 Å². The highest BCUT2D eigenvalue weighted by Gasteiger charge is 2.34. The van der Waals surface area contributed by atoms with E-state index in [4.69, 9.17) is 0 Å². The summed E-state index contributed by atoms with van der Waals surface area (Å²) in [5.74, 6) is 0.931. The number of rotatable bonds is 3. The SMILES string of the molecule is CC1CCCN(C(=O)C2CCN(c3c([N+](=O)[O-])ccc4c3CCN4)CC2)C1. The molecule has 7 heteroatoms. The van der Waals surface area contributed by atoms with Gasteiger partial charge in [-0.05, 0) is 44.1 Å². The van der Waals surface area contributed by atoms with Crippen LogP contribution in [0.2, 0.25) is 0 Å². The van der Waals surface area contributed by atoms with Crippen molar-refractivity contribution in [3.63, 3.8) is 0 Å². The number of carbonyl (C=O) groups excluding carboxylic acids is 1. The third kappa shape index (κ3) is 3.47. The second kappa shape index (κ2) is 7.37. The summed E-state index contributed by atoms with van der Waals surface area (Å²) in [7, 11) is 0. The first-order valence-electron chi connectivity index (χ1n) is 10.1. The van der Waals surface area contributed by atoms with Crippen LogP contribution in [0.5, 0.6) is 0 Å². The normalized spacial score (nSPS) is 23.1. The Morgan fingerprint density at radius 3 is 2.70 bits per heavy atom. The van der Waals surface area contributed by atoms with Crippen LogP contribution < -0.4 is 10.2 Å². The Kier molecular flexibility index (Phi) is 4.93. The highest BCUT2D eigenvalue weighted by atomic mass is 16.6. The fraction of sp³-hybridized carbons (Fsp3) is 0.650. The minimum absolute atomic E-state index is 0.0560. The zero-order chi connectivity index (χ0) is 19.0. The molecule has 1 amide bonds. The molecule has 1 aromatic rings. The maximum Gasteiger partial charge on any atom is 0.292 e. The zero-order valence-electron chi connectivity index (χ0n) is 15.9. The fourth-order valence-electron chi connectivity index (χ4n) is 4.86. The van der Waals surface area contributed by atoms with Gasteiger partial charge in [0.05, 0.1) is 4.92 Å². The first-order valence-corrected chi connectivity index (χ1v) is 10.1. The number of nitro benzene ring substituents is 1. The van der Waals surface area contributed by atoms with E-state index in [0.29, 0.717) is 19.0 Å². The van der Waals surface area contributed by atoms with Gasteiger partial charge in [-0.2, -0.15) is 0 Å². The molecule has 3 aliphatic heterocycles. The van der Waals surface area contributed by atoms with Gasteiger partial charge in [-0.3, -0.25) is 14.9 Å². The van der Waals surface area contributed by atoms with Crippen LogP contribution in [0.3, 0.4) is 0 Å². The minimum atomic E-state index is -0.277. The van der Waals surface area contributed by atoms with Gasteiger partial charge in [0.25, 0.3) is 5.69 Å². The molecule has 2 saturated heterocycles. The van der Waals surface area contributed by atoms with Gasteiger partial charge in [0.2, 0.25) is 5.91 Å². The molecule has 1 unspecified atom stereocenters. The molecule has 1 N–H and O–H groups in total. The number of fused-ring (bicyclic) bond motifs is 1. The van der Waals surface area contributed by atoms with Crippen molar-refractivity contribution in [1.29, 1.82) is 0 Å². The Balaban J connectivity index is 1.48. The Morgan fingerprint density at radius 1 is 1.22 bits per heavy atom. The second-order valence-electron chi connectivity index (χ2n) is 8.19. The fourth-order valence-corrected chi connectivity index (χ4v) is 4.86. The number of hydrogen-bond acceptors (Lipinski definition) is 5. The molecule has 0 bridgehead atoms. The van der Waals surface area contributed by atoms with E-state index in [0.717, 1.165) is 62.3 Å². The molecule has 146 valence electrons. The number of benzene rings is 1. The molecular formula is C20H28N4O3. The summed E-state index contributed by atoms with van der Waals surface area (Å²) >= 11 is 0.